The lowest BCUT2D eigenvalue weighted by Crippen LogP contribution is -2.44. The molecule has 4 aromatic rings. The van der Waals surface area contributed by atoms with E-state index in [4.69, 9.17) is 9.47 Å². The van der Waals surface area contributed by atoms with Gasteiger partial charge in [0.25, 0.3) is 0 Å². The van der Waals surface area contributed by atoms with Crippen molar-refractivity contribution in [2.24, 2.45) is 5.41 Å². The fourth-order valence-corrected chi connectivity index (χ4v) is 3.69. The Hall–Kier alpha value is -3.98. The Labute approximate surface area is 200 Å². The van der Waals surface area contributed by atoms with Crippen molar-refractivity contribution in [2.45, 2.75) is 13.3 Å². The quantitative estimate of drug-likeness (QED) is 0.402. The normalized spacial score (nSPS) is 14.4. The largest absolute Gasteiger partial charge is 0.490 e. The first-order valence-corrected chi connectivity index (χ1v) is 11.0. The summed E-state index contributed by atoms with van der Waals surface area (Å²) in [5.74, 6) is -0.822. The minimum absolute atomic E-state index is 0.0297. The molecule has 0 amide bonds. The van der Waals surface area contributed by atoms with Crippen LogP contribution in [0.1, 0.15) is 18.2 Å². The van der Waals surface area contributed by atoms with Gasteiger partial charge in [-0.3, -0.25) is 4.79 Å². The maximum Gasteiger partial charge on any atom is 0.203 e. The van der Waals surface area contributed by atoms with Crippen LogP contribution in [0, 0.1) is 17.0 Å². The lowest BCUT2D eigenvalue weighted by Gasteiger charge is -2.37. The van der Waals surface area contributed by atoms with E-state index >= 15 is 0 Å². The van der Waals surface area contributed by atoms with Crippen molar-refractivity contribution < 1.29 is 18.3 Å². The van der Waals surface area contributed by atoms with Gasteiger partial charge in [0.15, 0.2) is 23.2 Å². The van der Waals surface area contributed by atoms with E-state index in [9.17, 15) is 13.6 Å². The van der Waals surface area contributed by atoms with Gasteiger partial charge in [-0.05, 0) is 23.8 Å². The highest BCUT2D eigenvalue weighted by molar-refractivity contribution is 5.56. The van der Waals surface area contributed by atoms with Gasteiger partial charge < -0.3 is 9.47 Å². The molecule has 3 heterocycles. The van der Waals surface area contributed by atoms with Crippen LogP contribution in [0.2, 0.25) is 0 Å². The zero-order valence-electron chi connectivity index (χ0n) is 18.9. The fourth-order valence-electron chi connectivity index (χ4n) is 3.69. The zero-order chi connectivity index (χ0) is 24.4. The Kier molecular flexibility index (Phi) is 6.08. The molecular formula is C26H22F2N4O3. The van der Waals surface area contributed by atoms with Crippen LogP contribution in [0.4, 0.5) is 8.78 Å². The van der Waals surface area contributed by atoms with Crippen LogP contribution in [0.15, 0.2) is 71.9 Å². The molecule has 1 aliphatic rings. The Balaban J connectivity index is 1.33. The number of nitrogens with zero attached hydrogens (tertiary/aromatic N) is 4. The predicted octanol–water partition coefficient (Wildman–Crippen LogP) is 3.97. The first-order valence-electron chi connectivity index (χ1n) is 11.0. The van der Waals surface area contributed by atoms with E-state index in [0.29, 0.717) is 37.1 Å². The molecule has 1 saturated heterocycles. The first-order chi connectivity index (χ1) is 16.9. The summed E-state index contributed by atoms with van der Waals surface area (Å²) in [6.45, 7) is 4.00. The second-order valence-electron chi connectivity index (χ2n) is 8.88. The number of ether oxygens (including phenoxy) is 2. The molecule has 1 aliphatic heterocycles. The molecule has 0 spiro atoms. The SMILES string of the molecule is CC1(COc2cnc(-c3cccc(Cc4nn(-c5ccc(F)c(F)c5)ccc4=O)c3)nc2)COC1. The number of halogens is 2. The van der Waals surface area contributed by atoms with Crippen molar-refractivity contribution >= 4 is 0 Å². The highest BCUT2D eigenvalue weighted by Crippen LogP contribution is 2.27. The molecule has 2 aromatic carbocycles. The number of aromatic nitrogens is 4. The highest BCUT2D eigenvalue weighted by Gasteiger charge is 2.34. The predicted molar refractivity (Wildman–Crippen MR) is 124 cm³/mol. The molecule has 0 atom stereocenters. The maximum atomic E-state index is 13.6. The van der Waals surface area contributed by atoms with Crippen molar-refractivity contribution in [1.82, 2.24) is 19.7 Å². The van der Waals surface area contributed by atoms with Crippen LogP contribution in [0.3, 0.4) is 0 Å². The molecule has 2 aromatic heterocycles. The van der Waals surface area contributed by atoms with Crippen molar-refractivity contribution in [3.8, 4) is 22.8 Å². The third-order valence-electron chi connectivity index (χ3n) is 5.72. The molecule has 0 saturated carbocycles. The summed E-state index contributed by atoms with van der Waals surface area (Å²) in [7, 11) is 0. The zero-order valence-corrected chi connectivity index (χ0v) is 18.9. The molecule has 5 rings (SSSR count). The molecule has 0 aliphatic carbocycles. The molecule has 0 bridgehead atoms. The summed E-state index contributed by atoms with van der Waals surface area (Å²) < 4.78 is 39.3. The highest BCUT2D eigenvalue weighted by atomic mass is 19.2. The molecule has 9 heteroatoms. The minimum Gasteiger partial charge on any atom is -0.490 e. The molecule has 178 valence electrons. The Morgan fingerprint density at radius 1 is 1.06 bits per heavy atom. The van der Waals surface area contributed by atoms with Crippen LogP contribution in [-0.4, -0.2) is 39.6 Å². The second kappa shape index (κ2) is 9.34. The van der Waals surface area contributed by atoms with Crippen molar-refractivity contribution in [3.63, 3.8) is 0 Å². The topological polar surface area (TPSA) is 79.1 Å². The number of rotatable bonds is 7. The second-order valence-corrected chi connectivity index (χ2v) is 8.88. The van der Waals surface area contributed by atoms with Crippen LogP contribution < -0.4 is 10.2 Å². The third kappa shape index (κ3) is 5.09. The van der Waals surface area contributed by atoms with Crippen molar-refractivity contribution in [2.75, 3.05) is 19.8 Å². The first kappa shape index (κ1) is 22.8. The van der Waals surface area contributed by atoms with Gasteiger partial charge in [-0.2, -0.15) is 5.10 Å². The van der Waals surface area contributed by atoms with Gasteiger partial charge in [0.1, 0.15) is 5.69 Å². The Morgan fingerprint density at radius 3 is 2.57 bits per heavy atom. The molecule has 0 radical (unpaired) electrons. The lowest BCUT2D eigenvalue weighted by atomic mass is 9.90. The molecule has 35 heavy (non-hydrogen) atoms. The number of benzene rings is 2. The van der Waals surface area contributed by atoms with E-state index in [1.54, 1.807) is 12.4 Å². The van der Waals surface area contributed by atoms with Gasteiger partial charge in [0.05, 0.1) is 37.9 Å². The van der Waals surface area contributed by atoms with E-state index in [-0.39, 0.29) is 23.0 Å². The monoisotopic (exact) mass is 476 g/mol. The average Bonchev–Trinajstić information content (AvgIpc) is 2.85. The van der Waals surface area contributed by atoms with Crippen LogP contribution >= 0.6 is 0 Å². The van der Waals surface area contributed by atoms with E-state index in [0.717, 1.165) is 23.3 Å². The molecular weight excluding hydrogens is 454 g/mol. The van der Waals surface area contributed by atoms with Crippen molar-refractivity contribution in [3.05, 3.63) is 100 Å². The van der Waals surface area contributed by atoms with Gasteiger partial charge >= 0.3 is 0 Å². The number of hydrogen-bond donors (Lipinski definition) is 0. The summed E-state index contributed by atoms with van der Waals surface area (Å²) in [5.41, 5.74) is 1.97. The van der Waals surface area contributed by atoms with Gasteiger partial charge in [-0.25, -0.2) is 23.4 Å². The Morgan fingerprint density at radius 2 is 1.86 bits per heavy atom. The van der Waals surface area contributed by atoms with E-state index < -0.39 is 11.6 Å². The smallest absolute Gasteiger partial charge is 0.203 e. The summed E-state index contributed by atoms with van der Waals surface area (Å²) in [6, 6.07) is 12.3. The van der Waals surface area contributed by atoms with Crippen LogP contribution in [0.5, 0.6) is 5.75 Å². The number of hydrogen-bond acceptors (Lipinski definition) is 6. The van der Waals surface area contributed by atoms with E-state index in [1.807, 2.05) is 24.3 Å². The molecule has 7 nitrogen and oxygen atoms in total. The third-order valence-corrected chi connectivity index (χ3v) is 5.72. The van der Waals surface area contributed by atoms with Crippen LogP contribution in [0.25, 0.3) is 17.1 Å². The van der Waals surface area contributed by atoms with E-state index in [1.165, 1.54) is 23.0 Å². The molecule has 0 N–H and O–H groups in total. The average molecular weight is 476 g/mol. The van der Waals surface area contributed by atoms with Gasteiger partial charge in [-0.15, -0.1) is 0 Å². The molecule has 0 unspecified atom stereocenters. The minimum atomic E-state index is -0.986. The van der Waals surface area contributed by atoms with Crippen molar-refractivity contribution in [1.29, 1.82) is 0 Å². The maximum absolute atomic E-state index is 13.6. The van der Waals surface area contributed by atoms with Gasteiger partial charge in [0, 0.05) is 35.7 Å². The summed E-state index contributed by atoms with van der Waals surface area (Å²) in [6.07, 6.45) is 4.94. The summed E-state index contributed by atoms with van der Waals surface area (Å²) in [4.78, 5) is 21.2. The Bertz CT molecular complexity index is 1420. The van der Waals surface area contributed by atoms with Gasteiger partial charge in [0.2, 0.25) is 5.43 Å². The summed E-state index contributed by atoms with van der Waals surface area (Å²) in [5, 5.41) is 4.33. The van der Waals surface area contributed by atoms with Crippen LogP contribution in [-0.2, 0) is 11.2 Å². The fraction of sp³-hybridized carbons (Fsp3) is 0.231. The standard InChI is InChI=1S/C26H22F2N4O3/c1-26(14-34-15-26)16-35-20-12-29-25(30-13-20)18-4-2-3-17(9-18)10-23-24(33)7-8-32(31-23)19-5-6-21(27)22(28)11-19/h2-9,11-13H,10,14-16H2,1H3. The molecule has 1 fully saturated rings. The van der Waals surface area contributed by atoms with Gasteiger partial charge in [-0.1, -0.05) is 25.1 Å². The van der Waals surface area contributed by atoms with E-state index in [2.05, 4.69) is 22.0 Å². The lowest BCUT2D eigenvalue weighted by molar-refractivity contribution is -0.120. The summed E-state index contributed by atoms with van der Waals surface area (Å²) >= 11 is 0.